The SMILES string of the molecule is Cc1c(Cl)nc(C(C)(C)C)nc1NCC1(O)CCOC1C. The lowest BCUT2D eigenvalue weighted by atomic mass is 9.95. The van der Waals surface area contributed by atoms with E-state index >= 15 is 0 Å². The predicted molar refractivity (Wildman–Crippen MR) is 83.9 cm³/mol. The normalized spacial score (nSPS) is 26.1. The molecule has 1 fully saturated rings. The van der Waals surface area contributed by atoms with Crippen LogP contribution in [0.5, 0.6) is 0 Å². The van der Waals surface area contributed by atoms with E-state index in [4.69, 9.17) is 16.3 Å². The zero-order chi connectivity index (χ0) is 15.8. The molecule has 0 radical (unpaired) electrons. The van der Waals surface area contributed by atoms with Crippen molar-refractivity contribution in [2.24, 2.45) is 0 Å². The third-order valence-corrected chi connectivity index (χ3v) is 4.35. The van der Waals surface area contributed by atoms with Crippen LogP contribution in [0.3, 0.4) is 0 Å². The fraction of sp³-hybridized carbons (Fsp3) is 0.733. The Morgan fingerprint density at radius 3 is 2.62 bits per heavy atom. The first-order chi connectivity index (χ1) is 9.63. The van der Waals surface area contributed by atoms with Crippen LogP contribution in [-0.4, -0.2) is 39.9 Å². The van der Waals surface area contributed by atoms with Gasteiger partial charge in [-0.05, 0) is 13.8 Å². The third kappa shape index (κ3) is 3.47. The van der Waals surface area contributed by atoms with Crippen LogP contribution in [-0.2, 0) is 10.2 Å². The van der Waals surface area contributed by atoms with Crippen molar-refractivity contribution in [2.45, 2.75) is 58.2 Å². The molecule has 2 N–H and O–H groups in total. The van der Waals surface area contributed by atoms with Gasteiger partial charge in [0.1, 0.15) is 22.4 Å². The van der Waals surface area contributed by atoms with Crippen molar-refractivity contribution in [1.82, 2.24) is 9.97 Å². The highest BCUT2D eigenvalue weighted by Gasteiger charge is 2.39. The first-order valence-electron chi connectivity index (χ1n) is 7.26. The fourth-order valence-corrected chi connectivity index (χ4v) is 2.41. The predicted octanol–water partition coefficient (Wildman–Crippen LogP) is 2.69. The van der Waals surface area contributed by atoms with Crippen LogP contribution < -0.4 is 5.32 Å². The monoisotopic (exact) mass is 313 g/mol. The van der Waals surface area contributed by atoms with Crippen molar-refractivity contribution in [3.63, 3.8) is 0 Å². The number of aromatic nitrogens is 2. The highest BCUT2D eigenvalue weighted by molar-refractivity contribution is 6.30. The molecule has 0 spiro atoms. The van der Waals surface area contributed by atoms with E-state index in [0.717, 1.165) is 5.56 Å². The van der Waals surface area contributed by atoms with Crippen LogP contribution in [0.2, 0.25) is 5.15 Å². The molecule has 1 saturated heterocycles. The molecular weight excluding hydrogens is 290 g/mol. The maximum absolute atomic E-state index is 10.5. The van der Waals surface area contributed by atoms with Gasteiger partial charge in [0.2, 0.25) is 0 Å². The highest BCUT2D eigenvalue weighted by atomic mass is 35.5. The van der Waals surface area contributed by atoms with Gasteiger partial charge in [0.05, 0.1) is 6.10 Å². The molecule has 1 aromatic rings. The summed E-state index contributed by atoms with van der Waals surface area (Å²) in [7, 11) is 0. The molecule has 0 amide bonds. The van der Waals surface area contributed by atoms with E-state index < -0.39 is 5.60 Å². The molecule has 2 heterocycles. The van der Waals surface area contributed by atoms with Crippen LogP contribution >= 0.6 is 11.6 Å². The van der Waals surface area contributed by atoms with E-state index in [1.165, 1.54) is 0 Å². The molecule has 0 bridgehead atoms. The molecule has 1 aliphatic rings. The number of hydrogen-bond acceptors (Lipinski definition) is 5. The van der Waals surface area contributed by atoms with Gasteiger partial charge in [-0.15, -0.1) is 0 Å². The average molecular weight is 314 g/mol. The number of anilines is 1. The van der Waals surface area contributed by atoms with Crippen molar-refractivity contribution >= 4 is 17.4 Å². The number of nitrogens with one attached hydrogen (secondary N) is 1. The maximum atomic E-state index is 10.5. The summed E-state index contributed by atoms with van der Waals surface area (Å²) in [6, 6.07) is 0. The molecule has 1 aliphatic heterocycles. The minimum atomic E-state index is -0.869. The topological polar surface area (TPSA) is 67.3 Å². The molecule has 0 aliphatic carbocycles. The van der Waals surface area contributed by atoms with Gasteiger partial charge in [-0.1, -0.05) is 32.4 Å². The van der Waals surface area contributed by atoms with Crippen LogP contribution in [0, 0.1) is 6.92 Å². The summed E-state index contributed by atoms with van der Waals surface area (Å²) in [5, 5.41) is 14.2. The summed E-state index contributed by atoms with van der Waals surface area (Å²) >= 11 is 6.21. The second-order valence-electron chi connectivity index (χ2n) is 6.78. The van der Waals surface area contributed by atoms with E-state index in [9.17, 15) is 5.11 Å². The van der Waals surface area contributed by atoms with Crippen molar-refractivity contribution in [2.75, 3.05) is 18.5 Å². The Morgan fingerprint density at radius 1 is 1.43 bits per heavy atom. The van der Waals surface area contributed by atoms with Gasteiger partial charge in [0.15, 0.2) is 0 Å². The summed E-state index contributed by atoms with van der Waals surface area (Å²) in [5.74, 6) is 1.36. The zero-order valence-corrected chi connectivity index (χ0v) is 14.1. The smallest absolute Gasteiger partial charge is 0.137 e. The van der Waals surface area contributed by atoms with Gasteiger partial charge in [0.25, 0.3) is 0 Å². The van der Waals surface area contributed by atoms with Gasteiger partial charge < -0.3 is 15.2 Å². The summed E-state index contributed by atoms with van der Waals surface area (Å²) in [6.45, 7) is 10.8. The molecule has 2 unspecified atom stereocenters. The Balaban J connectivity index is 2.22. The maximum Gasteiger partial charge on any atom is 0.137 e. The van der Waals surface area contributed by atoms with Crippen LogP contribution in [0.15, 0.2) is 0 Å². The number of ether oxygens (including phenoxy) is 1. The van der Waals surface area contributed by atoms with Crippen LogP contribution in [0.4, 0.5) is 5.82 Å². The lowest BCUT2D eigenvalue weighted by molar-refractivity contribution is -0.0176. The minimum Gasteiger partial charge on any atom is -0.385 e. The van der Waals surface area contributed by atoms with Gasteiger partial charge in [-0.25, -0.2) is 9.97 Å². The van der Waals surface area contributed by atoms with E-state index in [-0.39, 0.29) is 11.5 Å². The van der Waals surface area contributed by atoms with Gasteiger partial charge in [0, 0.05) is 30.6 Å². The largest absolute Gasteiger partial charge is 0.385 e. The number of aliphatic hydroxyl groups is 1. The van der Waals surface area contributed by atoms with Gasteiger partial charge >= 0.3 is 0 Å². The Hall–Kier alpha value is -0.910. The lowest BCUT2D eigenvalue weighted by Crippen LogP contribution is -2.43. The average Bonchev–Trinajstić information content (AvgIpc) is 2.70. The Labute approximate surface area is 131 Å². The molecule has 21 heavy (non-hydrogen) atoms. The second kappa shape index (κ2) is 5.71. The van der Waals surface area contributed by atoms with E-state index in [2.05, 4.69) is 15.3 Å². The zero-order valence-electron chi connectivity index (χ0n) is 13.3. The summed E-state index contributed by atoms with van der Waals surface area (Å²) in [5.41, 5.74) is -0.264. The van der Waals surface area contributed by atoms with Crippen LogP contribution in [0.25, 0.3) is 0 Å². The van der Waals surface area contributed by atoms with Crippen LogP contribution in [0.1, 0.15) is 45.5 Å². The third-order valence-electron chi connectivity index (χ3n) is 3.98. The Kier molecular flexibility index (Phi) is 4.47. The first kappa shape index (κ1) is 16.5. The summed E-state index contributed by atoms with van der Waals surface area (Å²) in [4.78, 5) is 8.91. The molecular formula is C15H24ClN3O2. The van der Waals surface area contributed by atoms with Crippen molar-refractivity contribution < 1.29 is 9.84 Å². The molecule has 6 heteroatoms. The Morgan fingerprint density at radius 2 is 2.10 bits per heavy atom. The summed E-state index contributed by atoms with van der Waals surface area (Å²) < 4.78 is 5.44. The second-order valence-corrected chi connectivity index (χ2v) is 7.14. The lowest BCUT2D eigenvalue weighted by Gasteiger charge is -2.27. The van der Waals surface area contributed by atoms with Crippen molar-refractivity contribution in [3.05, 3.63) is 16.5 Å². The molecule has 0 saturated carbocycles. The van der Waals surface area contributed by atoms with Crippen molar-refractivity contribution in [1.29, 1.82) is 0 Å². The van der Waals surface area contributed by atoms with Crippen molar-refractivity contribution in [3.8, 4) is 0 Å². The molecule has 118 valence electrons. The Bertz CT molecular complexity index is 530. The molecule has 2 rings (SSSR count). The van der Waals surface area contributed by atoms with Gasteiger partial charge in [-0.2, -0.15) is 0 Å². The molecule has 2 atom stereocenters. The standard InChI is InChI=1S/C15H24ClN3O2/c1-9-11(16)18-13(14(3,4)5)19-12(9)17-8-15(20)6-7-21-10(15)2/h10,20H,6-8H2,1-5H3,(H,17,18,19). The molecule has 5 nitrogen and oxygen atoms in total. The number of nitrogens with zero attached hydrogens (tertiary/aromatic N) is 2. The fourth-order valence-electron chi connectivity index (χ4n) is 2.24. The number of halogens is 1. The summed E-state index contributed by atoms with van der Waals surface area (Å²) in [6.07, 6.45) is 0.426. The van der Waals surface area contributed by atoms with Gasteiger partial charge in [-0.3, -0.25) is 0 Å². The molecule has 0 aromatic carbocycles. The highest BCUT2D eigenvalue weighted by Crippen LogP contribution is 2.29. The minimum absolute atomic E-state index is 0.186. The molecule has 1 aromatic heterocycles. The van der Waals surface area contributed by atoms with E-state index in [1.807, 2.05) is 34.6 Å². The quantitative estimate of drug-likeness (QED) is 0.840. The number of rotatable bonds is 3. The van der Waals surface area contributed by atoms with E-state index in [1.54, 1.807) is 0 Å². The van der Waals surface area contributed by atoms with E-state index in [0.29, 0.717) is 36.4 Å². The number of hydrogen-bond donors (Lipinski definition) is 2. The first-order valence-corrected chi connectivity index (χ1v) is 7.64.